The quantitative estimate of drug-likeness (QED) is 0.781. The summed E-state index contributed by atoms with van der Waals surface area (Å²) in [5, 5.41) is 3.95. The highest BCUT2D eigenvalue weighted by Crippen LogP contribution is 2.09. The summed E-state index contributed by atoms with van der Waals surface area (Å²) in [4.78, 5) is 3.94. The number of nitrogens with one attached hydrogen (secondary N) is 1. The normalized spacial score (nSPS) is 12.0. The molecule has 0 unspecified atom stereocenters. The van der Waals surface area contributed by atoms with Crippen LogP contribution in [0.4, 0.5) is 0 Å². The summed E-state index contributed by atoms with van der Waals surface area (Å²) in [7, 11) is 0. The topological polar surface area (TPSA) is 29.9 Å². The molecule has 0 spiro atoms. The van der Waals surface area contributed by atoms with E-state index in [-0.39, 0.29) is 0 Å². The van der Waals surface area contributed by atoms with Crippen LogP contribution in [0, 0.1) is 5.41 Å². The van der Waals surface area contributed by atoms with Crippen molar-refractivity contribution in [3.63, 3.8) is 0 Å². The molecule has 1 heterocycles. The van der Waals surface area contributed by atoms with Crippen LogP contribution in [0.25, 0.3) is 0 Å². The maximum atomic E-state index is 5.69. The Kier molecular flexibility index (Phi) is 3.96. The van der Waals surface area contributed by atoms with Gasteiger partial charge in [0, 0.05) is 25.8 Å². The molecule has 0 aromatic carbocycles. The van der Waals surface area contributed by atoms with Crippen molar-refractivity contribution in [3.05, 3.63) is 17.7 Å². The Morgan fingerprint density at radius 2 is 2.21 bits per heavy atom. The van der Waals surface area contributed by atoms with Crippen LogP contribution in [0.3, 0.4) is 0 Å². The van der Waals surface area contributed by atoms with Gasteiger partial charge in [-0.2, -0.15) is 0 Å². The van der Waals surface area contributed by atoms with Gasteiger partial charge in [-0.15, -0.1) is 0 Å². The zero-order valence-corrected chi connectivity index (χ0v) is 9.80. The summed E-state index contributed by atoms with van der Waals surface area (Å²) < 4.78 is 1.98. The fourth-order valence-electron chi connectivity index (χ4n) is 1.13. The molecule has 0 saturated heterocycles. The first-order valence-corrected chi connectivity index (χ1v) is 5.23. The highest BCUT2D eigenvalue weighted by Gasteiger charge is 2.08. The van der Waals surface area contributed by atoms with E-state index in [0.29, 0.717) is 10.6 Å². The van der Waals surface area contributed by atoms with E-state index in [9.17, 15) is 0 Å². The van der Waals surface area contributed by atoms with E-state index < -0.39 is 0 Å². The second-order valence-electron chi connectivity index (χ2n) is 4.67. The van der Waals surface area contributed by atoms with Crippen LogP contribution in [0.15, 0.2) is 12.5 Å². The summed E-state index contributed by atoms with van der Waals surface area (Å²) in [6, 6.07) is 0. The standard InChI is InChI=1S/C10H18ClN3/c1-10(2,3)7-12-4-5-14-6-9(11)13-8-14/h6,8,12H,4-5,7H2,1-3H3. The van der Waals surface area contributed by atoms with Gasteiger partial charge in [-0.25, -0.2) is 4.98 Å². The van der Waals surface area contributed by atoms with E-state index in [4.69, 9.17) is 11.6 Å². The number of hydrogen-bond donors (Lipinski definition) is 1. The Balaban J connectivity index is 2.16. The predicted molar refractivity (Wildman–Crippen MR) is 59.6 cm³/mol. The molecule has 0 aliphatic carbocycles. The van der Waals surface area contributed by atoms with Crippen molar-refractivity contribution in [1.29, 1.82) is 0 Å². The third kappa shape index (κ3) is 4.63. The number of rotatable bonds is 4. The molecular formula is C10H18ClN3. The second-order valence-corrected chi connectivity index (χ2v) is 5.06. The van der Waals surface area contributed by atoms with Crippen LogP contribution < -0.4 is 5.32 Å². The predicted octanol–water partition coefficient (Wildman–Crippen LogP) is 2.17. The smallest absolute Gasteiger partial charge is 0.146 e. The van der Waals surface area contributed by atoms with Gasteiger partial charge in [-0.3, -0.25) is 0 Å². The van der Waals surface area contributed by atoms with Crippen LogP contribution in [-0.4, -0.2) is 22.6 Å². The van der Waals surface area contributed by atoms with Crippen molar-refractivity contribution in [3.8, 4) is 0 Å². The molecule has 0 saturated carbocycles. The number of aromatic nitrogens is 2. The van der Waals surface area contributed by atoms with Crippen molar-refractivity contribution in [2.24, 2.45) is 5.41 Å². The van der Waals surface area contributed by atoms with E-state index in [2.05, 4.69) is 31.1 Å². The molecule has 80 valence electrons. The molecule has 1 N–H and O–H groups in total. The zero-order chi connectivity index (χ0) is 10.6. The summed E-state index contributed by atoms with van der Waals surface area (Å²) in [5.74, 6) is 0. The molecule has 1 aromatic heterocycles. The molecule has 0 radical (unpaired) electrons. The monoisotopic (exact) mass is 215 g/mol. The third-order valence-electron chi connectivity index (χ3n) is 1.80. The third-order valence-corrected chi connectivity index (χ3v) is 2.00. The minimum absolute atomic E-state index is 0.340. The van der Waals surface area contributed by atoms with Crippen molar-refractivity contribution in [2.75, 3.05) is 13.1 Å². The van der Waals surface area contributed by atoms with Gasteiger partial charge in [0.05, 0.1) is 6.33 Å². The van der Waals surface area contributed by atoms with Gasteiger partial charge >= 0.3 is 0 Å². The average Bonchev–Trinajstić information content (AvgIpc) is 2.44. The molecule has 0 atom stereocenters. The average molecular weight is 216 g/mol. The Hall–Kier alpha value is -0.540. The van der Waals surface area contributed by atoms with Gasteiger partial charge in [0.1, 0.15) is 5.15 Å². The van der Waals surface area contributed by atoms with Gasteiger partial charge in [-0.05, 0) is 5.41 Å². The molecule has 0 fully saturated rings. The van der Waals surface area contributed by atoms with Gasteiger partial charge < -0.3 is 9.88 Å². The fraction of sp³-hybridized carbons (Fsp3) is 0.700. The molecule has 0 bridgehead atoms. The van der Waals surface area contributed by atoms with E-state index in [1.54, 1.807) is 6.33 Å². The summed E-state index contributed by atoms with van der Waals surface area (Å²) >= 11 is 5.69. The molecule has 14 heavy (non-hydrogen) atoms. The number of hydrogen-bond acceptors (Lipinski definition) is 2. The maximum absolute atomic E-state index is 5.69. The first-order valence-electron chi connectivity index (χ1n) is 4.85. The lowest BCUT2D eigenvalue weighted by atomic mass is 9.97. The Morgan fingerprint density at radius 3 is 2.71 bits per heavy atom. The lowest BCUT2D eigenvalue weighted by Gasteiger charge is -2.18. The molecule has 0 amide bonds. The van der Waals surface area contributed by atoms with Crippen LogP contribution >= 0.6 is 11.6 Å². The molecule has 1 aromatic rings. The Labute approximate surface area is 90.5 Å². The fourth-order valence-corrected chi connectivity index (χ4v) is 1.30. The lowest BCUT2D eigenvalue weighted by molar-refractivity contribution is 0.376. The first-order chi connectivity index (χ1) is 6.47. The van der Waals surface area contributed by atoms with E-state index in [1.165, 1.54) is 0 Å². The van der Waals surface area contributed by atoms with Gasteiger partial charge in [0.25, 0.3) is 0 Å². The van der Waals surface area contributed by atoms with E-state index in [0.717, 1.165) is 19.6 Å². The van der Waals surface area contributed by atoms with E-state index >= 15 is 0 Å². The van der Waals surface area contributed by atoms with Crippen molar-refractivity contribution < 1.29 is 0 Å². The highest BCUT2D eigenvalue weighted by atomic mass is 35.5. The number of nitrogens with zero attached hydrogens (tertiary/aromatic N) is 2. The number of halogens is 1. The molecule has 1 rings (SSSR count). The lowest BCUT2D eigenvalue weighted by Crippen LogP contribution is -2.29. The summed E-state index contributed by atoms with van der Waals surface area (Å²) in [6.07, 6.45) is 3.58. The molecular weight excluding hydrogens is 198 g/mol. The second kappa shape index (κ2) is 4.80. The number of imidazole rings is 1. The minimum atomic E-state index is 0.340. The molecule has 0 aliphatic rings. The van der Waals surface area contributed by atoms with Crippen molar-refractivity contribution >= 4 is 11.6 Å². The minimum Gasteiger partial charge on any atom is -0.335 e. The summed E-state index contributed by atoms with van der Waals surface area (Å²) in [5.41, 5.74) is 0.340. The van der Waals surface area contributed by atoms with Crippen molar-refractivity contribution in [1.82, 2.24) is 14.9 Å². The van der Waals surface area contributed by atoms with Gasteiger partial charge in [-0.1, -0.05) is 32.4 Å². The van der Waals surface area contributed by atoms with Gasteiger partial charge in [0.2, 0.25) is 0 Å². The summed E-state index contributed by atoms with van der Waals surface area (Å²) in [6.45, 7) is 9.53. The van der Waals surface area contributed by atoms with Crippen LogP contribution in [0.5, 0.6) is 0 Å². The molecule has 3 nitrogen and oxygen atoms in total. The molecule has 4 heteroatoms. The molecule has 0 aliphatic heterocycles. The van der Waals surface area contributed by atoms with Crippen LogP contribution in [0.1, 0.15) is 20.8 Å². The first kappa shape index (κ1) is 11.5. The largest absolute Gasteiger partial charge is 0.335 e. The zero-order valence-electron chi connectivity index (χ0n) is 9.05. The SMILES string of the molecule is CC(C)(C)CNCCn1cnc(Cl)c1. The van der Waals surface area contributed by atoms with Crippen LogP contribution in [-0.2, 0) is 6.54 Å². The Bertz CT molecular complexity index is 275. The van der Waals surface area contributed by atoms with Crippen molar-refractivity contribution in [2.45, 2.75) is 27.3 Å². The highest BCUT2D eigenvalue weighted by molar-refractivity contribution is 6.29. The Morgan fingerprint density at radius 1 is 1.50 bits per heavy atom. The van der Waals surface area contributed by atoms with Crippen LogP contribution in [0.2, 0.25) is 5.15 Å². The van der Waals surface area contributed by atoms with E-state index in [1.807, 2.05) is 10.8 Å². The van der Waals surface area contributed by atoms with Gasteiger partial charge in [0.15, 0.2) is 0 Å². The maximum Gasteiger partial charge on any atom is 0.146 e.